The highest BCUT2D eigenvalue weighted by atomic mass is 35.5. The van der Waals surface area contributed by atoms with Crippen molar-refractivity contribution < 1.29 is 17.2 Å². The number of nitrogens with zero attached hydrogens (tertiary/aromatic N) is 3. The van der Waals surface area contributed by atoms with Crippen LogP contribution in [0.5, 0.6) is 0 Å². The molecular weight excluding hydrogens is 509 g/mol. The van der Waals surface area contributed by atoms with E-state index in [1.54, 1.807) is 24.4 Å². The van der Waals surface area contributed by atoms with Crippen LogP contribution in [0.1, 0.15) is 32.4 Å². The van der Waals surface area contributed by atoms with Gasteiger partial charge in [-0.05, 0) is 41.9 Å². The summed E-state index contributed by atoms with van der Waals surface area (Å²) in [6.45, 7) is 10.6. The minimum Gasteiger partial charge on any atom is -0.414 e. The van der Waals surface area contributed by atoms with Gasteiger partial charge in [0.2, 0.25) is 15.0 Å². The fourth-order valence-electron chi connectivity index (χ4n) is 3.19. The van der Waals surface area contributed by atoms with E-state index in [-0.39, 0.29) is 21.8 Å². The highest BCUT2D eigenvalue weighted by molar-refractivity contribution is 7.90. The minimum atomic E-state index is -3.61. The number of pyridine rings is 1. The monoisotopic (exact) mass is 537 g/mol. The smallest absolute Gasteiger partial charge is 0.251 e. The minimum absolute atomic E-state index is 0.0670. The molecule has 7 nitrogen and oxygen atoms in total. The van der Waals surface area contributed by atoms with Gasteiger partial charge in [-0.15, -0.1) is 0 Å². The number of halogens is 2. The Labute approximate surface area is 211 Å². The Morgan fingerprint density at radius 3 is 2.49 bits per heavy atom. The largest absolute Gasteiger partial charge is 0.414 e. The van der Waals surface area contributed by atoms with Crippen LogP contribution in [0.3, 0.4) is 0 Å². The Kier molecular flexibility index (Phi) is 7.71. The fraction of sp³-hybridized carbons (Fsp3) is 0.375. The summed E-state index contributed by atoms with van der Waals surface area (Å²) >= 11 is 6.31. The lowest BCUT2D eigenvalue weighted by molar-refractivity contribution is 0.246. The van der Waals surface area contributed by atoms with Crippen LogP contribution >= 0.6 is 11.6 Å². The van der Waals surface area contributed by atoms with Crippen molar-refractivity contribution in [2.24, 2.45) is 0 Å². The summed E-state index contributed by atoms with van der Waals surface area (Å²) in [5.74, 6) is -0.583. The normalized spacial score (nSPS) is 13.6. The molecule has 3 aromatic rings. The average molecular weight is 538 g/mol. The van der Waals surface area contributed by atoms with Crippen LogP contribution < -0.4 is 5.56 Å². The SMILES string of the molecule is CC(C)(C)[Si](C)(C)OCC(c1cccc(F)c1Cl)n1ccc(-c2ccnc(S(C)(=O)=O)n2)cc1=O. The highest BCUT2D eigenvalue weighted by Crippen LogP contribution is 2.38. The number of aromatic nitrogens is 3. The van der Waals surface area contributed by atoms with E-state index in [0.29, 0.717) is 16.8 Å². The summed E-state index contributed by atoms with van der Waals surface area (Å²) < 4.78 is 45.8. The molecule has 0 saturated heterocycles. The Balaban J connectivity index is 2.07. The van der Waals surface area contributed by atoms with Crippen LogP contribution in [-0.4, -0.2) is 44.1 Å². The van der Waals surface area contributed by atoms with E-state index in [2.05, 4.69) is 43.8 Å². The Morgan fingerprint density at radius 1 is 1.20 bits per heavy atom. The van der Waals surface area contributed by atoms with Crippen molar-refractivity contribution in [3.63, 3.8) is 0 Å². The van der Waals surface area contributed by atoms with Crippen LogP contribution in [0, 0.1) is 5.82 Å². The van der Waals surface area contributed by atoms with E-state index in [4.69, 9.17) is 16.0 Å². The van der Waals surface area contributed by atoms with Crippen LogP contribution in [0.15, 0.2) is 58.7 Å². The third-order valence-electron chi connectivity index (χ3n) is 6.29. The maximum Gasteiger partial charge on any atom is 0.251 e. The molecule has 0 amide bonds. The zero-order chi connectivity index (χ0) is 26.2. The lowest BCUT2D eigenvalue weighted by Gasteiger charge is -2.37. The summed E-state index contributed by atoms with van der Waals surface area (Å²) in [6, 6.07) is 8.32. The highest BCUT2D eigenvalue weighted by Gasteiger charge is 2.38. The van der Waals surface area contributed by atoms with Gasteiger partial charge in [-0.25, -0.2) is 22.8 Å². The summed E-state index contributed by atoms with van der Waals surface area (Å²) in [5.41, 5.74) is 0.753. The lowest BCUT2D eigenvalue weighted by Crippen LogP contribution is -2.43. The third-order valence-corrected chi connectivity index (χ3v) is 12.1. The molecule has 0 radical (unpaired) electrons. The average Bonchev–Trinajstić information content (AvgIpc) is 2.76. The van der Waals surface area contributed by atoms with Crippen LogP contribution in [-0.2, 0) is 14.3 Å². The molecule has 11 heteroatoms. The molecule has 0 bridgehead atoms. The fourth-order valence-corrected chi connectivity index (χ4v) is 4.96. The molecule has 2 heterocycles. The van der Waals surface area contributed by atoms with Gasteiger partial charge in [0, 0.05) is 30.3 Å². The van der Waals surface area contributed by atoms with Crippen LogP contribution in [0.4, 0.5) is 4.39 Å². The van der Waals surface area contributed by atoms with Gasteiger partial charge in [0.25, 0.3) is 5.56 Å². The molecule has 0 N–H and O–H groups in total. The summed E-state index contributed by atoms with van der Waals surface area (Å²) in [4.78, 5) is 21.1. The molecule has 0 saturated carbocycles. The van der Waals surface area contributed by atoms with Crippen molar-refractivity contribution in [3.8, 4) is 11.3 Å². The Morgan fingerprint density at radius 2 is 1.89 bits per heavy atom. The van der Waals surface area contributed by atoms with E-state index < -0.39 is 35.6 Å². The van der Waals surface area contributed by atoms with E-state index in [0.717, 1.165) is 6.26 Å². The van der Waals surface area contributed by atoms with E-state index in [9.17, 15) is 17.6 Å². The van der Waals surface area contributed by atoms with Crippen molar-refractivity contribution in [2.45, 2.75) is 50.1 Å². The predicted octanol–water partition coefficient (Wildman–Crippen LogP) is 5.11. The second kappa shape index (κ2) is 9.92. The second-order valence-corrected chi connectivity index (χ2v) is 17.0. The molecule has 0 aliphatic carbocycles. The number of benzene rings is 1. The first-order chi connectivity index (χ1) is 16.1. The summed E-state index contributed by atoms with van der Waals surface area (Å²) in [6.07, 6.45) is 3.90. The quantitative estimate of drug-likeness (QED) is 0.307. The molecule has 0 aliphatic heterocycles. The number of rotatable bonds is 7. The second-order valence-electron chi connectivity index (χ2n) is 9.89. The van der Waals surface area contributed by atoms with Gasteiger partial charge in [-0.3, -0.25) is 4.79 Å². The molecule has 0 aliphatic rings. The van der Waals surface area contributed by atoms with Gasteiger partial charge in [-0.2, -0.15) is 0 Å². The first-order valence-corrected chi connectivity index (χ1v) is 16.1. The zero-order valence-electron chi connectivity index (χ0n) is 20.5. The van der Waals surface area contributed by atoms with Crippen LogP contribution in [0.2, 0.25) is 23.2 Å². The van der Waals surface area contributed by atoms with Crippen LogP contribution in [0.25, 0.3) is 11.3 Å². The first kappa shape index (κ1) is 27.2. The molecule has 2 aromatic heterocycles. The molecule has 1 unspecified atom stereocenters. The molecule has 1 aromatic carbocycles. The molecule has 0 spiro atoms. The molecular formula is C24H29ClFN3O4SSi. The van der Waals surface area contributed by atoms with E-state index >= 15 is 0 Å². The van der Waals surface area contributed by atoms with Gasteiger partial charge in [0.05, 0.1) is 23.4 Å². The number of sulfone groups is 1. The summed E-state index contributed by atoms with van der Waals surface area (Å²) in [7, 11) is -5.81. The number of hydrogen-bond acceptors (Lipinski definition) is 6. The van der Waals surface area contributed by atoms with Gasteiger partial charge < -0.3 is 8.99 Å². The van der Waals surface area contributed by atoms with Crippen molar-refractivity contribution in [1.82, 2.24) is 14.5 Å². The Bertz CT molecular complexity index is 1400. The summed E-state index contributed by atoms with van der Waals surface area (Å²) in [5, 5.41) is -0.463. The Hall–Kier alpha value is -2.40. The molecule has 188 valence electrons. The lowest BCUT2D eigenvalue weighted by atomic mass is 10.1. The molecule has 1 atom stereocenters. The van der Waals surface area contributed by atoms with Gasteiger partial charge in [0.15, 0.2) is 8.32 Å². The van der Waals surface area contributed by atoms with Gasteiger partial charge in [-0.1, -0.05) is 44.5 Å². The van der Waals surface area contributed by atoms with Gasteiger partial charge >= 0.3 is 0 Å². The predicted molar refractivity (Wildman–Crippen MR) is 138 cm³/mol. The van der Waals surface area contributed by atoms with Crippen molar-refractivity contribution in [1.29, 1.82) is 0 Å². The van der Waals surface area contributed by atoms with Crippen molar-refractivity contribution in [3.05, 3.63) is 75.5 Å². The zero-order valence-corrected chi connectivity index (χ0v) is 23.1. The van der Waals surface area contributed by atoms with Crippen molar-refractivity contribution >= 4 is 29.8 Å². The molecule has 35 heavy (non-hydrogen) atoms. The maximum atomic E-state index is 14.3. The third kappa shape index (κ3) is 6.06. The molecule has 0 fully saturated rings. The van der Waals surface area contributed by atoms with E-state index in [1.807, 2.05) is 0 Å². The van der Waals surface area contributed by atoms with E-state index in [1.165, 1.54) is 29.0 Å². The maximum absolute atomic E-state index is 14.3. The van der Waals surface area contributed by atoms with Crippen molar-refractivity contribution in [2.75, 3.05) is 12.9 Å². The standard InChI is InChI=1S/C24H29ClFN3O4SSi/c1-24(2,3)35(5,6)33-15-20(17-8-7-9-18(26)22(17)25)29-13-11-16(14-21(29)30)19-10-12-27-23(28-19)34(4,31)32/h7-14,20H,15H2,1-6H3. The topological polar surface area (TPSA) is 91.2 Å². The first-order valence-electron chi connectivity index (χ1n) is 11.0. The van der Waals surface area contributed by atoms with Gasteiger partial charge in [0.1, 0.15) is 5.82 Å². The molecule has 3 rings (SSSR count). The number of hydrogen-bond donors (Lipinski definition) is 0.